The molecule has 1 aliphatic rings. The van der Waals surface area contributed by atoms with Gasteiger partial charge in [-0.05, 0) is 42.9 Å². The molecular weight excluding hydrogens is 230 g/mol. The van der Waals surface area contributed by atoms with Crippen molar-refractivity contribution in [2.75, 3.05) is 18.5 Å². The monoisotopic (exact) mass is 251 g/mol. The van der Waals surface area contributed by atoms with Crippen LogP contribution in [0.4, 0.5) is 5.69 Å². The predicted molar refractivity (Wildman–Crippen MR) is 75.8 cm³/mol. The molecule has 2 atom stereocenters. The predicted octanol–water partition coefficient (Wildman–Crippen LogP) is 4.60. The molecule has 1 nitrogen and oxygen atoms in total. The molecule has 0 heterocycles. The molecule has 2 heteroatoms. The van der Waals surface area contributed by atoms with Gasteiger partial charge in [0.2, 0.25) is 0 Å². The SMILES string of the molecule is CC1CCCC(CN(C)c2cccc(Cl)c2)C1. The molecule has 2 unspecified atom stereocenters. The maximum atomic E-state index is 6.03. The van der Waals surface area contributed by atoms with E-state index < -0.39 is 0 Å². The zero-order valence-electron chi connectivity index (χ0n) is 10.8. The van der Waals surface area contributed by atoms with Crippen molar-refractivity contribution in [1.29, 1.82) is 0 Å². The third-order valence-corrected chi connectivity index (χ3v) is 4.06. The summed E-state index contributed by atoms with van der Waals surface area (Å²) in [5.41, 5.74) is 1.23. The Bertz CT molecular complexity index is 364. The molecule has 1 aromatic carbocycles. The Kier molecular flexibility index (Phi) is 4.33. The lowest BCUT2D eigenvalue weighted by Crippen LogP contribution is -2.28. The van der Waals surface area contributed by atoms with Gasteiger partial charge in [-0.2, -0.15) is 0 Å². The fraction of sp³-hybridized carbons (Fsp3) is 0.600. The zero-order chi connectivity index (χ0) is 12.3. The smallest absolute Gasteiger partial charge is 0.0426 e. The molecule has 1 aliphatic carbocycles. The van der Waals surface area contributed by atoms with E-state index in [0.29, 0.717) is 0 Å². The fourth-order valence-corrected chi connectivity index (χ4v) is 3.12. The number of benzene rings is 1. The topological polar surface area (TPSA) is 3.24 Å². The lowest BCUT2D eigenvalue weighted by Gasteiger charge is -2.31. The first-order chi connectivity index (χ1) is 8.15. The first-order valence-electron chi connectivity index (χ1n) is 6.62. The lowest BCUT2D eigenvalue weighted by atomic mass is 9.82. The van der Waals surface area contributed by atoms with Crippen molar-refractivity contribution < 1.29 is 0 Å². The van der Waals surface area contributed by atoms with E-state index >= 15 is 0 Å². The van der Waals surface area contributed by atoms with E-state index in [2.05, 4.69) is 24.9 Å². The average molecular weight is 252 g/mol. The third-order valence-electron chi connectivity index (χ3n) is 3.83. The minimum absolute atomic E-state index is 0.825. The molecule has 0 aliphatic heterocycles. The Morgan fingerprint density at radius 3 is 2.88 bits per heavy atom. The minimum Gasteiger partial charge on any atom is -0.374 e. The van der Waals surface area contributed by atoms with Crippen LogP contribution in [0.2, 0.25) is 5.02 Å². The molecule has 0 bridgehead atoms. The molecule has 17 heavy (non-hydrogen) atoms. The van der Waals surface area contributed by atoms with Crippen LogP contribution in [0.25, 0.3) is 0 Å². The van der Waals surface area contributed by atoms with Crippen LogP contribution in [0.15, 0.2) is 24.3 Å². The molecule has 94 valence electrons. The third kappa shape index (κ3) is 3.64. The number of nitrogens with zero attached hydrogens (tertiary/aromatic N) is 1. The van der Waals surface area contributed by atoms with Crippen molar-refractivity contribution in [3.8, 4) is 0 Å². The summed E-state index contributed by atoms with van der Waals surface area (Å²) >= 11 is 6.03. The molecule has 0 spiro atoms. The summed E-state index contributed by atoms with van der Waals surface area (Å²) in [5.74, 6) is 1.75. The fourth-order valence-electron chi connectivity index (χ4n) is 2.93. The number of anilines is 1. The van der Waals surface area contributed by atoms with Crippen molar-refractivity contribution in [3.63, 3.8) is 0 Å². The molecular formula is C15H22ClN. The number of halogens is 1. The van der Waals surface area contributed by atoms with Gasteiger partial charge in [-0.25, -0.2) is 0 Å². The van der Waals surface area contributed by atoms with Gasteiger partial charge in [-0.1, -0.05) is 37.4 Å². The summed E-state index contributed by atoms with van der Waals surface area (Å²) < 4.78 is 0. The molecule has 0 aromatic heterocycles. The zero-order valence-corrected chi connectivity index (χ0v) is 11.6. The van der Waals surface area contributed by atoms with Crippen molar-refractivity contribution in [2.24, 2.45) is 11.8 Å². The molecule has 0 amide bonds. The van der Waals surface area contributed by atoms with Gasteiger partial charge in [0.1, 0.15) is 0 Å². The molecule has 0 radical (unpaired) electrons. The van der Waals surface area contributed by atoms with Gasteiger partial charge in [-0.3, -0.25) is 0 Å². The molecule has 0 N–H and O–H groups in total. The van der Waals surface area contributed by atoms with Crippen molar-refractivity contribution >= 4 is 17.3 Å². The van der Waals surface area contributed by atoms with Crippen LogP contribution in [0.5, 0.6) is 0 Å². The van der Waals surface area contributed by atoms with Crippen LogP contribution >= 0.6 is 11.6 Å². The van der Waals surface area contributed by atoms with Gasteiger partial charge >= 0.3 is 0 Å². The quantitative estimate of drug-likeness (QED) is 0.759. The molecule has 1 fully saturated rings. The molecule has 0 saturated heterocycles. The van der Waals surface area contributed by atoms with Gasteiger partial charge in [0.25, 0.3) is 0 Å². The van der Waals surface area contributed by atoms with Gasteiger partial charge in [0.05, 0.1) is 0 Å². The van der Waals surface area contributed by atoms with E-state index in [4.69, 9.17) is 11.6 Å². The first kappa shape index (κ1) is 12.8. The van der Waals surface area contributed by atoms with E-state index in [9.17, 15) is 0 Å². The second-order valence-corrected chi connectivity index (χ2v) is 5.93. The highest BCUT2D eigenvalue weighted by molar-refractivity contribution is 6.30. The van der Waals surface area contributed by atoms with E-state index in [1.165, 1.54) is 31.4 Å². The highest BCUT2D eigenvalue weighted by Crippen LogP contribution is 2.30. The van der Waals surface area contributed by atoms with Gasteiger partial charge < -0.3 is 4.90 Å². The minimum atomic E-state index is 0.825. The van der Waals surface area contributed by atoms with Gasteiger partial charge in [0.15, 0.2) is 0 Å². The molecule has 1 saturated carbocycles. The Labute approximate surface area is 110 Å². The van der Waals surface area contributed by atoms with Crippen LogP contribution in [0.3, 0.4) is 0 Å². The highest BCUT2D eigenvalue weighted by atomic mass is 35.5. The Morgan fingerprint density at radius 2 is 2.18 bits per heavy atom. The van der Waals surface area contributed by atoms with Crippen LogP contribution in [-0.2, 0) is 0 Å². The van der Waals surface area contributed by atoms with Crippen molar-refractivity contribution in [3.05, 3.63) is 29.3 Å². The van der Waals surface area contributed by atoms with E-state index in [0.717, 1.165) is 23.4 Å². The van der Waals surface area contributed by atoms with Crippen LogP contribution in [0.1, 0.15) is 32.6 Å². The highest BCUT2D eigenvalue weighted by Gasteiger charge is 2.20. The Balaban J connectivity index is 1.94. The van der Waals surface area contributed by atoms with Crippen LogP contribution < -0.4 is 4.90 Å². The van der Waals surface area contributed by atoms with Gasteiger partial charge in [-0.15, -0.1) is 0 Å². The largest absolute Gasteiger partial charge is 0.374 e. The summed E-state index contributed by atoms with van der Waals surface area (Å²) in [6.07, 6.45) is 5.58. The van der Waals surface area contributed by atoms with E-state index in [-0.39, 0.29) is 0 Å². The number of rotatable bonds is 3. The maximum Gasteiger partial charge on any atom is 0.0426 e. The summed E-state index contributed by atoms with van der Waals surface area (Å²) in [6.45, 7) is 3.54. The van der Waals surface area contributed by atoms with Crippen molar-refractivity contribution in [1.82, 2.24) is 0 Å². The summed E-state index contributed by atoms with van der Waals surface area (Å²) in [5, 5.41) is 0.825. The molecule has 1 aromatic rings. The summed E-state index contributed by atoms with van der Waals surface area (Å²) in [7, 11) is 2.17. The summed E-state index contributed by atoms with van der Waals surface area (Å²) in [6, 6.07) is 8.14. The Morgan fingerprint density at radius 1 is 1.35 bits per heavy atom. The standard InChI is InChI=1S/C15H22ClN/c1-12-5-3-6-13(9-12)11-17(2)15-8-4-7-14(16)10-15/h4,7-8,10,12-13H,3,5-6,9,11H2,1-2H3. The summed E-state index contributed by atoms with van der Waals surface area (Å²) in [4.78, 5) is 2.34. The lowest BCUT2D eigenvalue weighted by molar-refractivity contribution is 0.286. The van der Waals surface area contributed by atoms with Crippen molar-refractivity contribution in [2.45, 2.75) is 32.6 Å². The maximum absolute atomic E-state index is 6.03. The van der Waals surface area contributed by atoms with E-state index in [1.54, 1.807) is 0 Å². The number of hydrogen-bond acceptors (Lipinski definition) is 1. The van der Waals surface area contributed by atoms with E-state index in [1.807, 2.05) is 18.2 Å². The molecule has 2 rings (SSSR count). The first-order valence-corrected chi connectivity index (χ1v) is 6.99. The van der Waals surface area contributed by atoms with Crippen LogP contribution in [-0.4, -0.2) is 13.6 Å². The second-order valence-electron chi connectivity index (χ2n) is 5.50. The average Bonchev–Trinajstić information content (AvgIpc) is 2.29. The normalized spacial score (nSPS) is 24.6. The van der Waals surface area contributed by atoms with Crippen LogP contribution in [0, 0.1) is 11.8 Å². The van der Waals surface area contributed by atoms with Gasteiger partial charge in [0, 0.05) is 24.3 Å². The second kappa shape index (κ2) is 5.77. The number of hydrogen-bond donors (Lipinski definition) is 0. The Hall–Kier alpha value is -0.690.